The van der Waals surface area contributed by atoms with Crippen LogP contribution in [0.1, 0.15) is 62.4 Å². The average molecular weight is 523 g/mol. The molecule has 0 saturated carbocycles. The Kier molecular flexibility index (Phi) is 7.46. The van der Waals surface area contributed by atoms with Gasteiger partial charge in [0.15, 0.2) is 0 Å². The first kappa shape index (κ1) is 26.2. The van der Waals surface area contributed by atoms with Crippen LogP contribution in [0.4, 0.5) is 10.1 Å². The third-order valence-corrected chi connectivity index (χ3v) is 7.42. The lowest BCUT2D eigenvalue weighted by Gasteiger charge is -2.32. The van der Waals surface area contributed by atoms with Crippen molar-refractivity contribution in [2.24, 2.45) is 0 Å². The molecule has 0 bridgehead atoms. The fourth-order valence-corrected chi connectivity index (χ4v) is 5.16. The Bertz CT molecular complexity index is 1530. The van der Waals surface area contributed by atoms with Gasteiger partial charge in [-0.25, -0.2) is 9.18 Å². The van der Waals surface area contributed by atoms with E-state index in [1.54, 1.807) is 25.1 Å². The van der Waals surface area contributed by atoms with Crippen molar-refractivity contribution >= 4 is 17.6 Å². The molecule has 0 spiro atoms. The normalized spacial score (nSPS) is 13.5. The maximum Gasteiger partial charge on any atom is 0.335 e. The van der Waals surface area contributed by atoms with E-state index in [9.17, 15) is 19.1 Å². The summed E-state index contributed by atoms with van der Waals surface area (Å²) in [5, 5.41) is 12.2. The summed E-state index contributed by atoms with van der Waals surface area (Å²) in [6.45, 7) is 5.18. The topological polar surface area (TPSA) is 69.6 Å². The van der Waals surface area contributed by atoms with E-state index in [1.807, 2.05) is 55.5 Å². The predicted octanol–water partition coefficient (Wildman–Crippen LogP) is 6.94. The van der Waals surface area contributed by atoms with Crippen LogP contribution in [0.3, 0.4) is 0 Å². The number of anilines is 1. The van der Waals surface area contributed by atoms with E-state index in [1.165, 1.54) is 6.07 Å². The number of aryl methyl sites for hydroxylation is 2. The van der Waals surface area contributed by atoms with E-state index >= 15 is 0 Å². The summed E-state index contributed by atoms with van der Waals surface area (Å²) in [5.41, 5.74) is 7.60. The molecular formula is C33H31FN2O3. The van der Waals surface area contributed by atoms with Crippen molar-refractivity contribution in [3.05, 3.63) is 124 Å². The van der Waals surface area contributed by atoms with Crippen LogP contribution >= 0.6 is 0 Å². The lowest BCUT2D eigenvalue weighted by molar-refractivity contribution is 0.0696. The van der Waals surface area contributed by atoms with Crippen molar-refractivity contribution in [1.82, 2.24) is 5.32 Å². The van der Waals surface area contributed by atoms with E-state index in [0.29, 0.717) is 17.7 Å². The monoisotopic (exact) mass is 522 g/mol. The SMILES string of the molecule is Cc1ccc(C(C)NC(=O)c2ccc3c(c2)CCCN3Cc2ccccc2-c2ccc(C(=O)O)cc2)cc1F. The Labute approximate surface area is 227 Å². The first-order valence-corrected chi connectivity index (χ1v) is 13.2. The summed E-state index contributed by atoms with van der Waals surface area (Å²) in [6.07, 6.45) is 1.87. The van der Waals surface area contributed by atoms with Crippen LogP contribution in [0.5, 0.6) is 0 Å². The number of aromatic carboxylic acids is 1. The van der Waals surface area contributed by atoms with E-state index in [4.69, 9.17) is 0 Å². The van der Waals surface area contributed by atoms with Crippen LogP contribution in [0.2, 0.25) is 0 Å². The molecule has 0 fully saturated rings. The molecule has 0 radical (unpaired) electrons. The molecule has 4 aromatic carbocycles. The zero-order valence-electron chi connectivity index (χ0n) is 22.1. The Morgan fingerprint density at radius 3 is 2.46 bits per heavy atom. The highest BCUT2D eigenvalue weighted by molar-refractivity contribution is 5.95. The van der Waals surface area contributed by atoms with Crippen molar-refractivity contribution in [3.63, 3.8) is 0 Å². The zero-order valence-corrected chi connectivity index (χ0v) is 22.1. The smallest absolute Gasteiger partial charge is 0.335 e. The van der Waals surface area contributed by atoms with Gasteiger partial charge >= 0.3 is 5.97 Å². The number of carboxylic acids is 1. The van der Waals surface area contributed by atoms with Gasteiger partial charge in [0.05, 0.1) is 11.6 Å². The van der Waals surface area contributed by atoms with Crippen LogP contribution < -0.4 is 10.2 Å². The average Bonchev–Trinajstić information content (AvgIpc) is 2.94. The second-order valence-corrected chi connectivity index (χ2v) is 10.1. The highest BCUT2D eigenvalue weighted by atomic mass is 19.1. The molecule has 1 unspecified atom stereocenters. The number of carboxylic acid groups (broad SMARTS) is 1. The molecule has 5 nitrogen and oxygen atoms in total. The van der Waals surface area contributed by atoms with Crippen LogP contribution in [-0.2, 0) is 13.0 Å². The molecular weight excluding hydrogens is 491 g/mol. The van der Waals surface area contributed by atoms with Crippen molar-refractivity contribution < 1.29 is 19.1 Å². The van der Waals surface area contributed by atoms with Gasteiger partial charge in [-0.3, -0.25) is 4.79 Å². The minimum Gasteiger partial charge on any atom is -0.478 e. The Morgan fingerprint density at radius 1 is 0.974 bits per heavy atom. The molecule has 198 valence electrons. The Balaban J connectivity index is 1.34. The summed E-state index contributed by atoms with van der Waals surface area (Å²) in [7, 11) is 0. The minimum atomic E-state index is -0.939. The zero-order chi connectivity index (χ0) is 27.5. The highest BCUT2D eigenvalue weighted by Crippen LogP contribution is 2.32. The molecule has 0 saturated heterocycles. The number of amides is 1. The van der Waals surface area contributed by atoms with Gasteiger partial charge in [-0.05, 0) is 96.5 Å². The van der Waals surface area contributed by atoms with Gasteiger partial charge in [0.25, 0.3) is 5.91 Å². The minimum absolute atomic E-state index is 0.182. The van der Waals surface area contributed by atoms with Gasteiger partial charge < -0.3 is 15.3 Å². The van der Waals surface area contributed by atoms with Crippen molar-refractivity contribution in [1.29, 1.82) is 0 Å². The number of nitrogens with zero attached hydrogens (tertiary/aromatic N) is 1. The first-order chi connectivity index (χ1) is 18.8. The molecule has 1 aliphatic heterocycles. The molecule has 1 amide bonds. The largest absolute Gasteiger partial charge is 0.478 e. The Hall–Kier alpha value is -4.45. The Morgan fingerprint density at radius 2 is 1.72 bits per heavy atom. The van der Waals surface area contributed by atoms with Crippen LogP contribution in [0.25, 0.3) is 11.1 Å². The van der Waals surface area contributed by atoms with Crippen molar-refractivity contribution in [2.45, 2.75) is 39.3 Å². The van der Waals surface area contributed by atoms with Crippen LogP contribution in [0, 0.1) is 12.7 Å². The molecule has 0 aliphatic carbocycles. The van der Waals surface area contributed by atoms with Crippen molar-refractivity contribution in [2.75, 3.05) is 11.4 Å². The van der Waals surface area contributed by atoms with E-state index in [0.717, 1.165) is 52.9 Å². The lowest BCUT2D eigenvalue weighted by atomic mass is 9.95. The van der Waals surface area contributed by atoms with Crippen LogP contribution in [-0.4, -0.2) is 23.5 Å². The number of fused-ring (bicyclic) bond motifs is 1. The van der Waals surface area contributed by atoms with Gasteiger partial charge in [0.2, 0.25) is 0 Å². The van der Waals surface area contributed by atoms with Gasteiger partial charge in [0.1, 0.15) is 5.82 Å². The number of carbonyl (C=O) groups is 2. The van der Waals surface area contributed by atoms with E-state index < -0.39 is 5.97 Å². The van der Waals surface area contributed by atoms with Crippen LogP contribution in [0.15, 0.2) is 84.9 Å². The standard InChI is InChI=1S/C33H31FN2O3/c1-21-9-10-25(19-30(21)34)22(2)35-32(37)27-15-16-31-26(18-27)7-5-17-36(31)20-28-6-3-4-8-29(28)23-11-13-24(14-12-23)33(38)39/h3-4,6,8-16,18-19,22H,5,7,17,20H2,1-2H3,(H,35,37)(H,38,39). The second-order valence-electron chi connectivity index (χ2n) is 10.1. The molecule has 0 aromatic heterocycles. The predicted molar refractivity (Wildman–Crippen MR) is 152 cm³/mol. The number of carbonyl (C=O) groups excluding carboxylic acids is 1. The number of benzene rings is 4. The maximum absolute atomic E-state index is 14.0. The van der Waals surface area contributed by atoms with Gasteiger partial charge in [-0.1, -0.05) is 48.5 Å². The quantitative estimate of drug-likeness (QED) is 0.276. The highest BCUT2D eigenvalue weighted by Gasteiger charge is 2.21. The molecule has 4 aromatic rings. The molecule has 39 heavy (non-hydrogen) atoms. The number of hydrogen-bond donors (Lipinski definition) is 2. The molecule has 2 N–H and O–H groups in total. The summed E-state index contributed by atoms with van der Waals surface area (Å²) in [4.78, 5) is 26.6. The fourth-order valence-electron chi connectivity index (χ4n) is 5.16. The second kappa shape index (κ2) is 11.1. The maximum atomic E-state index is 14.0. The number of rotatable bonds is 7. The summed E-state index contributed by atoms with van der Waals surface area (Å²) >= 11 is 0. The van der Waals surface area contributed by atoms with Gasteiger partial charge in [-0.2, -0.15) is 0 Å². The molecule has 1 heterocycles. The van der Waals surface area contributed by atoms with E-state index in [2.05, 4.69) is 22.3 Å². The molecule has 5 rings (SSSR count). The number of halogens is 1. The van der Waals surface area contributed by atoms with Crippen molar-refractivity contribution in [3.8, 4) is 11.1 Å². The molecule has 6 heteroatoms. The number of nitrogens with one attached hydrogen (secondary N) is 1. The molecule has 1 atom stereocenters. The third kappa shape index (κ3) is 5.70. The first-order valence-electron chi connectivity index (χ1n) is 13.2. The summed E-state index contributed by atoms with van der Waals surface area (Å²) < 4.78 is 14.0. The third-order valence-electron chi connectivity index (χ3n) is 7.42. The summed E-state index contributed by atoms with van der Waals surface area (Å²) in [5.74, 6) is -1.40. The van der Waals surface area contributed by atoms with Gasteiger partial charge in [0, 0.05) is 24.3 Å². The van der Waals surface area contributed by atoms with Gasteiger partial charge in [-0.15, -0.1) is 0 Å². The summed E-state index contributed by atoms with van der Waals surface area (Å²) in [6, 6.07) is 25.7. The lowest BCUT2D eigenvalue weighted by Crippen LogP contribution is -2.30. The molecule has 1 aliphatic rings. The van der Waals surface area contributed by atoms with E-state index in [-0.39, 0.29) is 23.3 Å². The number of hydrogen-bond acceptors (Lipinski definition) is 3. The fraction of sp³-hybridized carbons (Fsp3) is 0.212.